The molecule has 1 aliphatic heterocycles. The van der Waals surface area contributed by atoms with Gasteiger partial charge >= 0.3 is 11.9 Å². The molecule has 0 saturated heterocycles. The number of hydrogen-bond donors (Lipinski definition) is 5. The Bertz CT molecular complexity index is 964. The van der Waals surface area contributed by atoms with Crippen LogP contribution in [0.15, 0.2) is 42.2 Å². The van der Waals surface area contributed by atoms with Crippen molar-refractivity contribution in [3.63, 3.8) is 0 Å². The number of benzene rings is 1. The normalized spacial score (nSPS) is 40.0. The lowest BCUT2D eigenvalue weighted by atomic mass is 9.80. The van der Waals surface area contributed by atoms with Crippen LogP contribution >= 0.6 is 0 Å². The summed E-state index contributed by atoms with van der Waals surface area (Å²) in [5.74, 6) is -4.22. The summed E-state index contributed by atoms with van der Waals surface area (Å²) < 4.78 is 22.3. The highest BCUT2D eigenvalue weighted by Gasteiger charge is 2.59. The van der Waals surface area contributed by atoms with Gasteiger partial charge in [0.15, 0.2) is 0 Å². The zero-order valence-corrected chi connectivity index (χ0v) is 19.9. The lowest BCUT2D eigenvalue weighted by molar-refractivity contribution is -0.248. The molecule has 1 heterocycles. The number of rotatable bonds is 6. The van der Waals surface area contributed by atoms with E-state index in [4.69, 9.17) is 18.9 Å². The highest BCUT2D eigenvalue weighted by Crippen LogP contribution is 2.49. The molecular formula is C25H32O11. The monoisotopic (exact) mass is 508 g/mol. The highest BCUT2D eigenvalue weighted by atomic mass is 16.7. The maximum absolute atomic E-state index is 12.7. The number of aliphatic hydroxyl groups is 5. The third-order valence-corrected chi connectivity index (χ3v) is 7.56. The summed E-state index contributed by atoms with van der Waals surface area (Å²) in [6.07, 6.45) is -7.61. The number of esters is 2. The second-order valence-corrected chi connectivity index (χ2v) is 9.58. The molecule has 198 valence electrons. The molecule has 0 spiro atoms. The third-order valence-electron chi connectivity index (χ3n) is 7.56. The van der Waals surface area contributed by atoms with E-state index in [9.17, 15) is 35.1 Å². The summed E-state index contributed by atoms with van der Waals surface area (Å²) in [6, 6.07) is 8.28. The Balaban J connectivity index is 1.60. The number of fused-ring (bicyclic) bond motifs is 1. The van der Waals surface area contributed by atoms with E-state index in [1.54, 1.807) is 37.3 Å². The Hall–Kier alpha value is -2.54. The Morgan fingerprint density at radius 2 is 1.69 bits per heavy atom. The van der Waals surface area contributed by atoms with E-state index in [1.165, 1.54) is 7.11 Å². The van der Waals surface area contributed by atoms with Crippen LogP contribution in [-0.4, -0.2) is 94.1 Å². The van der Waals surface area contributed by atoms with Crippen LogP contribution in [0.1, 0.15) is 23.7 Å². The molecule has 0 aromatic heterocycles. The van der Waals surface area contributed by atoms with Crippen LogP contribution in [0.4, 0.5) is 0 Å². The number of carbonyl (C=O) groups excluding carboxylic acids is 2. The zero-order chi connectivity index (χ0) is 26.1. The predicted octanol–water partition coefficient (Wildman–Crippen LogP) is -0.652. The number of hydrogen-bond acceptors (Lipinski definition) is 11. The summed E-state index contributed by atoms with van der Waals surface area (Å²) in [7, 11) is 1.19. The van der Waals surface area contributed by atoms with Crippen molar-refractivity contribution in [3.05, 3.63) is 47.7 Å². The van der Waals surface area contributed by atoms with Gasteiger partial charge in [0.05, 0.1) is 42.8 Å². The molecule has 4 rings (SSSR count). The minimum absolute atomic E-state index is 0.0318. The zero-order valence-electron chi connectivity index (χ0n) is 19.9. The first-order chi connectivity index (χ1) is 17.2. The molecule has 1 aromatic carbocycles. The second kappa shape index (κ2) is 10.8. The Morgan fingerprint density at radius 3 is 2.33 bits per heavy atom. The van der Waals surface area contributed by atoms with E-state index < -0.39 is 85.1 Å². The lowest BCUT2D eigenvalue weighted by Gasteiger charge is -2.43. The molecule has 11 nitrogen and oxygen atoms in total. The molecule has 11 heteroatoms. The average molecular weight is 509 g/mol. The van der Waals surface area contributed by atoms with E-state index in [-0.39, 0.29) is 12.0 Å². The molecular weight excluding hydrogens is 476 g/mol. The van der Waals surface area contributed by atoms with Crippen LogP contribution in [0, 0.1) is 23.7 Å². The predicted molar refractivity (Wildman–Crippen MR) is 121 cm³/mol. The molecule has 0 amide bonds. The van der Waals surface area contributed by atoms with Crippen molar-refractivity contribution >= 4 is 11.9 Å². The summed E-state index contributed by atoms with van der Waals surface area (Å²) >= 11 is 0. The van der Waals surface area contributed by atoms with Gasteiger partial charge in [0.1, 0.15) is 18.3 Å². The molecule has 11 atom stereocenters. The number of methoxy groups -OCH3 is 1. The summed E-state index contributed by atoms with van der Waals surface area (Å²) in [5, 5.41) is 51.6. The van der Waals surface area contributed by atoms with E-state index in [2.05, 4.69) is 0 Å². The van der Waals surface area contributed by atoms with Gasteiger partial charge in [0, 0.05) is 30.3 Å². The molecule has 1 aromatic rings. The maximum atomic E-state index is 12.7. The van der Waals surface area contributed by atoms with Gasteiger partial charge in [-0.2, -0.15) is 0 Å². The van der Waals surface area contributed by atoms with Gasteiger partial charge in [0.2, 0.25) is 6.29 Å². The summed E-state index contributed by atoms with van der Waals surface area (Å²) in [4.78, 5) is 25.2. The Morgan fingerprint density at radius 1 is 1.00 bits per heavy atom. The Labute approximate surface area is 207 Å². The first-order valence-electron chi connectivity index (χ1n) is 11.9. The minimum Gasteiger partial charge on any atom is -0.472 e. The van der Waals surface area contributed by atoms with E-state index >= 15 is 0 Å². The topological polar surface area (TPSA) is 172 Å². The van der Waals surface area contributed by atoms with Crippen LogP contribution in [0.5, 0.6) is 0 Å². The van der Waals surface area contributed by atoms with Crippen LogP contribution in [0.25, 0.3) is 0 Å². The van der Waals surface area contributed by atoms with Crippen molar-refractivity contribution in [3.8, 4) is 0 Å². The number of carbonyl (C=O) groups is 2. The van der Waals surface area contributed by atoms with Gasteiger partial charge in [-0.1, -0.05) is 25.1 Å². The van der Waals surface area contributed by atoms with Crippen LogP contribution in [-0.2, 0) is 23.7 Å². The van der Waals surface area contributed by atoms with Crippen molar-refractivity contribution < 1.29 is 54.1 Å². The van der Waals surface area contributed by atoms with Gasteiger partial charge in [-0.05, 0) is 18.6 Å². The first-order valence-corrected chi connectivity index (χ1v) is 11.9. The van der Waals surface area contributed by atoms with Crippen molar-refractivity contribution in [2.45, 2.75) is 56.3 Å². The third kappa shape index (κ3) is 4.74. The summed E-state index contributed by atoms with van der Waals surface area (Å²) in [6.45, 7) is 1.30. The minimum atomic E-state index is -1.55. The summed E-state index contributed by atoms with van der Waals surface area (Å²) in [5.41, 5.74) is 0.348. The van der Waals surface area contributed by atoms with Gasteiger partial charge < -0.3 is 44.5 Å². The molecule has 3 aliphatic rings. The van der Waals surface area contributed by atoms with Gasteiger partial charge in [-0.15, -0.1) is 0 Å². The van der Waals surface area contributed by atoms with Gasteiger partial charge in [-0.25, -0.2) is 9.59 Å². The van der Waals surface area contributed by atoms with E-state index in [0.29, 0.717) is 5.56 Å². The highest BCUT2D eigenvalue weighted by molar-refractivity contribution is 5.90. The molecule has 5 unspecified atom stereocenters. The van der Waals surface area contributed by atoms with Crippen molar-refractivity contribution in [2.24, 2.45) is 23.7 Å². The molecule has 0 radical (unpaired) electrons. The number of ether oxygens (including phenoxy) is 4. The van der Waals surface area contributed by atoms with Crippen LogP contribution < -0.4 is 0 Å². The molecule has 0 bridgehead atoms. The second-order valence-electron chi connectivity index (χ2n) is 9.58. The average Bonchev–Trinajstić information content (AvgIpc) is 3.14. The van der Waals surface area contributed by atoms with Crippen molar-refractivity contribution in [1.29, 1.82) is 0 Å². The van der Waals surface area contributed by atoms with Crippen LogP contribution in [0.3, 0.4) is 0 Å². The fourth-order valence-electron chi connectivity index (χ4n) is 5.54. The molecule has 2 saturated carbocycles. The lowest BCUT2D eigenvalue weighted by Crippen LogP contribution is -2.56. The maximum Gasteiger partial charge on any atom is 0.338 e. The Kier molecular flexibility index (Phi) is 7.98. The SMILES string of the molecule is COC(=O)C1=CO[C@@H](OC2CC(CO)C(O)C(O)C2O)[C@@H]2[C@@H](C)[C@@H](OC(=O)c3ccccc3)[C@@H](O)[C@H]12. The van der Waals surface area contributed by atoms with E-state index in [1.807, 2.05) is 0 Å². The standard InChI is InChI=1S/C25H32O11/c1-11-16-17(20(29)22(11)36-23(31)12-6-4-3-5-7-12)14(24(32)33-2)10-34-25(16)35-15-8-13(9-26)18(27)21(30)19(15)28/h3-7,10-11,13,15-22,25-30H,8-9H2,1-2H3/t11-,13?,15?,16-,17-,18?,19?,20+,21?,22-,25+/m1/s1. The number of aliphatic hydroxyl groups excluding tert-OH is 5. The van der Waals surface area contributed by atoms with Crippen molar-refractivity contribution in [2.75, 3.05) is 13.7 Å². The smallest absolute Gasteiger partial charge is 0.338 e. The quantitative estimate of drug-likeness (QED) is 0.309. The fourth-order valence-corrected chi connectivity index (χ4v) is 5.54. The van der Waals surface area contributed by atoms with Crippen LogP contribution in [0.2, 0.25) is 0 Å². The van der Waals surface area contributed by atoms with E-state index in [0.717, 1.165) is 6.26 Å². The molecule has 2 fully saturated rings. The van der Waals surface area contributed by atoms with Gasteiger partial charge in [-0.3, -0.25) is 0 Å². The first kappa shape index (κ1) is 26.5. The molecule has 5 N–H and O–H groups in total. The van der Waals surface area contributed by atoms with Crippen molar-refractivity contribution in [1.82, 2.24) is 0 Å². The molecule has 36 heavy (non-hydrogen) atoms. The van der Waals surface area contributed by atoms with Gasteiger partial charge in [0.25, 0.3) is 0 Å². The fraction of sp³-hybridized carbons (Fsp3) is 0.600. The molecule has 2 aliphatic carbocycles. The largest absolute Gasteiger partial charge is 0.472 e.